The van der Waals surface area contributed by atoms with E-state index in [4.69, 9.17) is 5.26 Å². The Bertz CT molecular complexity index is 287. The third-order valence-electron chi connectivity index (χ3n) is 5.81. The first-order valence-electron chi connectivity index (χ1n) is 9.04. The van der Waals surface area contributed by atoms with Crippen molar-refractivity contribution in [3.8, 4) is 6.07 Å². The van der Waals surface area contributed by atoms with Crippen molar-refractivity contribution in [1.82, 2.24) is 0 Å². The Kier molecular flexibility index (Phi) is 6.91. The van der Waals surface area contributed by atoms with Crippen LogP contribution in [0.1, 0.15) is 90.4 Å². The third-order valence-corrected chi connectivity index (χ3v) is 5.81. The van der Waals surface area contributed by atoms with E-state index in [-0.39, 0.29) is 0 Å². The van der Waals surface area contributed by atoms with Crippen LogP contribution >= 0.6 is 0 Å². The summed E-state index contributed by atoms with van der Waals surface area (Å²) in [7, 11) is 0. The molecule has 0 N–H and O–H groups in total. The maximum Gasteiger partial charge on any atom is 0.0621 e. The fraction of sp³-hybridized carbons (Fsp3) is 0.895. The van der Waals surface area contributed by atoms with E-state index in [1.165, 1.54) is 70.6 Å². The van der Waals surface area contributed by atoms with E-state index < -0.39 is 0 Å². The Morgan fingerprint density at radius 1 is 1.00 bits per heavy atom. The van der Waals surface area contributed by atoms with E-state index in [2.05, 4.69) is 13.0 Å². The minimum Gasteiger partial charge on any atom is -0.198 e. The highest BCUT2D eigenvalue weighted by molar-refractivity contribution is 4.96. The van der Waals surface area contributed by atoms with Crippen LogP contribution in [0.2, 0.25) is 0 Å². The lowest BCUT2D eigenvalue weighted by atomic mass is 9.68. The van der Waals surface area contributed by atoms with Crippen LogP contribution in [0.15, 0.2) is 0 Å². The zero-order valence-electron chi connectivity index (χ0n) is 13.4. The topological polar surface area (TPSA) is 23.8 Å². The van der Waals surface area contributed by atoms with Crippen LogP contribution in [0, 0.1) is 35.0 Å². The molecule has 20 heavy (non-hydrogen) atoms. The summed E-state index contributed by atoms with van der Waals surface area (Å²) in [6, 6.07) is 2.27. The van der Waals surface area contributed by atoms with E-state index in [0.29, 0.717) is 0 Å². The Morgan fingerprint density at radius 2 is 1.65 bits per heavy atom. The SMILES string of the molecule is CCC[C@H]1CC[C@H](C2CC[C](CCCC#N)CC2)CC1. The first kappa shape index (κ1) is 15.9. The van der Waals surface area contributed by atoms with Gasteiger partial charge in [0.15, 0.2) is 0 Å². The normalized spacial score (nSPS) is 29.2. The van der Waals surface area contributed by atoms with Crippen molar-refractivity contribution >= 4 is 0 Å². The Morgan fingerprint density at radius 3 is 2.25 bits per heavy atom. The summed E-state index contributed by atoms with van der Waals surface area (Å²) in [5.74, 6) is 4.88. The summed E-state index contributed by atoms with van der Waals surface area (Å²) in [4.78, 5) is 0. The molecule has 0 aromatic heterocycles. The Hall–Kier alpha value is -0.510. The van der Waals surface area contributed by atoms with Crippen LogP contribution in [0.3, 0.4) is 0 Å². The van der Waals surface area contributed by atoms with Gasteiger partial charge in [0.2, 0.25) is 0 Å². The largest absolute Gasteiger partial charge is 0.198 e. The van der Waals surface area contributed by atoms with Gasteiger partial charge in [-0.25, -0.2) is 0 Å². The van der Waals surface area contributed by atoms with Crippen molar-refractivity contribution in [3.63, 3.8) is 0 Å². The fourth-order valence-corrected chi connectivity index (χ4v) is 4.54. The molecule has 0 spiro atoms. The zero-order chi connectivity index (χ0) is 14.2. The lowest BCUT2D eigenvalue weighted by Gasteiger charge is -2.37. The number of nitriles is 1. The number of hydrogen-bond donors (Lipinski definition) is 0. The average Bonchev–Trinajstić information content (AvgIpc) is 2.49. The van der Waals surface area contributed by atoms with E-state index in [1.807, 2.05) is 0 Å². The molecule has 113 valence electrons. The highest BCUT2D eigenvalue weighted by Gasteiger charge is 2.30. The zero-order valence-corrected chi connectivity index (χ0v) is 13.4. The maximum atomic E-state index is 8.61. The van der Waals surface area contributed by atoms with Crippen LogP contribution in [-0.2, 0) is 0 Å². The third kappa shape index (κ3) is 4.80. The van der Waals surface area contributed by atoms with Gasteiger partial charge in [-0.2, -0.15) is 5.26 Å². The van der Waals surface area contributed by atoms with Gasteiger partial charge in [0.05, 0.1) is 6.07 Å². The number of rotatable bonds is 6. The van der Waals surface area contributed by atoms with Gasteiger partial charge >= 0.3 is 0 Å². The molecule has 0 amide bonds. The van der Waals surface area contributed by atoms with Crippen molar-refractivity contribution < 1.29 is 0 Å². The predicted octanol–water partition coefficient (Wildman–Crippen LogP) is 6.05. The molecule has 1 heteroatoms. The first-order valence-corrected chi connectivity index (χ1v) is 9.04. The van der Waals surface area contributed by atoms with E-state index >= 15 is 0 Å². The second-order valence-electron chi connectivity index (χ2n) is 7.17. The molecule has 2 fully saturated rings. The van der Waals surface area contributed by atoms with Crippen LogP contribution in [0.25, 0.3) is 0 Å². The van der Waals surface area contributed by atoms with Gasteiger partial charge in [0.25, 0.3) is 0 Å². The molecule has 0 aromatic carbocycles. The summed E-state index contributed by atoms with van der Waals surface area (Å²) in [5.41, 5.74) is 0. The lowest BCUT2D eigenvalue weighted by Crippen LogP contribution is -2.25. The van der Waals surface area contributed by atoms with Gasteiger partial charge in [0.1, 0.15) is 0 Å². The number of hydrogen-bond acceptors (Lipinski definition) is 1. The molecule has 1 nitrogen and oxygen atoms in total. The molecule has 0 bridgehead atoms. The summed E-state index contributed by atoms with van der Waals surface area (Å²) >= 11 is 0. The summed E-state index contributed by atoms with van der Waals surface area (Å²) in [5, 5.41) is 8.61. The van der Waals surface area contributed by atoms with E-state index in [1.54, 1.807) is 5.92 Å². The molecular formula is C19H32N. The standard InChI is InChI=1S/C19H32N/c1-2-5-16-7-11-18(12-8-16)19-13-9-17(10-14-19)6-3-4-15-20/h16,18-19H,2-14H2,1H3/t16-,18-. The Balaban J connectivity index is 1.63. The first-order chi connectivity index (χ1) is 9.83. The highest BCUT2D eigenvalue weighted by Crippen LogP contribution is 2.43. The molecule has 0 heterocycles. The van der Waals surface area contributed by atoms with Gasteiger partial charge in [0, 0.05) is 6.42 Å². The molecule has 2 rings (SSSR count). The van der Waals surface area contributed by atoms with Gasteiger partial charge in [-0.1, -0.05) is 32.6 Å². The minimum absolute atomic E-state index is 0.744. The molecular weight excluding hydrogens is 242 g/mol. The summed E-state index contributed by atoms with van der Waals surface area (Å²) in [6.45, 7) is 2.33. The minimum atomic E-state index is 0.744. The second-order valence-corrected chi connectivity index (χ2v) is 7.17. The molecule has 0 atom stereocenters. The molecule has 2 saturated carbocycles. The molecule has 2 aliphatic carbocycles. The van der Waals surface area contributed by atoms with Crippen molar-refractivity contribution in [2.75, 3.05) is 0 Å². The van der Waals surface area contributed by atoms with Gasteiger partial charge in [-0.15, -0.1) is 0 Å². The van der Waals surface area contributed by atoms with Crippen molar-refractivity contribution in [2.24, 2.45) is 17.8 Å². The summed E-state index contributed by atoms with van der Waals surface area (Å²) < 4.78 is 0. The quantitative estimate of drug-likeness (QED) is 0.541. The second kappa shape index (κ2) is 8.71. The lowest BCUT2D eigenvalue weighted by molar-refractivity contribution is 0.166. The average molecular weight is 274 g/mol. The van der Waals surface area contributed by atoms with Crippen LogP contribution < -0.4 is 0 Å². The van der Waals surface area contributed by atoms with E-state index in [9.17, 15) is 0 Å². The maximum absolute atomic E-state index is 8.61. The highest BCUT2D eigenvalue weighted by atomic mass is 14.4. The predicted molar refractivity (Wildman–Crippen MR) is 85.0 cm³/mol. The monoisotopic (exact) mass is 274 g/mol. The van der Waals surface area contributed by atoms with Crippen molar-refractivity contribution in [1.29, 1.82) is 5.26 Å². The van der Waals surface area contributed by atoms with Gasteiger partial charge in [-0.3, -0.25) is 0 Å². The summed E-state index contributed by atoms with van der Waals surface area (Å²) in [6.07, 6.45) is 17.6. The smallest absolute Gasteiger partial charge is 0.0621 e. The van der Waals surface area contributed by atoms with Gasteiger partial charge < -0.3 is 0 Å². The van der Waals surface area contributed by atoms with E-state index in [0.717, 1.165) is 30.6 Å². The van der Waals surface area contributed by atoms with Crippen LogP contribution in [-0.4, -0.2) is 0 Å². The van der Waals surface area contributed by atoms with Crippen molar-refractivity contribution in [3.05, 3.63) is 5.92 Å². The van der Waals surface area contributed by atoms with Gasteiger partial charge in [-0.05, 0) is 75.0 Å². The molecule has 1 radical (unpaired) electrons. The number of nitrogens with zero attached hydrogens (tertiary/aromatic N) is 1. The Labute approximate surface area is 126 Å². The van der Waals surface area contributed by atoms with Crippen LogP contribution in [0.5, 0.6) is 0 Å². The molecule has 0 unspecified atom stereocenters. The molecule has 0 aromatic rings. The fourth-order valence-electron chi connectivity index (χ4n) is 4.54. The molecule has 0 saturated heterocycles. The van der Waals surface area contributed by atoms with Crippen LogP contribution in [0.4, 0.5) is 0 Å². The molecule has 2 aliphatic rings. The van der Waals surface area contributed by atoms with Crippen molar-refractivity contribution in [2.45, 2.75) is 90.4 Å². The molecule has 0 aliphatic heterocycles. The number of unbranched alkanes of at least 4 members (excludes halogenated alkanes) is 1.